The van der Waals surface area contributed by atoms with Gasteiger partial charge < -0.3 is 15.1 Å². The van der Waals surface area contributed by atoms with Crippen LogP contribution in [0, 0.1) is 0 Å². The molecule has 2 heterocycles. The van der Waals surface area contributed by atoms with E-state index in [1.807, 2.05) is 6.92 Å². The van der Waals surface area contributed by atoms with Crippen molar-refractivity contribution in [3.05, 3.63) is 36.0 Å². The first-order chi connectivity index (χ1) is 9.63. The van der Waals surface area contributed by atoms with Crippen molar-refractivity contribution in [2.75, 3.05) is 11.9 Å². The van der Waals surface area contributed by atoms with Crippen LogP contribution in [-0.4, -0.2) is 28.1 Å². The van der Waals surface area contributed by atoms with Crippen LogP contribution in [0.25, 0.3) is 0 Å². The fourth-order valence-corrected chi connectivity index (χ4v) is 1.71. The van der Waals surface area contributed by atoms with Crippen molar-refractivity contribution in [1.82, 2.24) is 15.1 Å². The van der Waals surface area contributed by atoms with E-state index < -0.39 is 5.91 Å². The van der Waals surface area contributed by atoms with E-state index in [4.69, 9.17) is 4.42 Å². The monoisotopic (exact) mass is 276 g/mol. The van der Waals surface area contributed by atoms with E-state index >= 15 is 0 Å². The normalized spacial score (nSPS) is 10.3. The lowest BCUT2D eigenvalue weighted by Crippen LogP contribution is -2.27. The lowest BCUT2D eigenvalue weighted by atomic mass is 10.3. The number of aromatic nitrogens is 2. The van der Waals surface area contributed by atoms with Crippen molar-refractivity contribution in [3.8, 4) is 0 Å². The molecule has 0 aliphatic heterocycles. The standard InChI is InChI=1S/C13H16N4O3/c1-3-6-14-13(19)11-9(8-15-17(11)2)16-12(18)10-5-4-7-20-10/h4-5,7-8H,3,6H2,1-2H3,(H,14,19)(H,16,18). The van der Waals surface area contributed by atoms with Crippen LogP contribution < -0.4 is 10.6 Å². The highest BCUT2D eigenvalue weighted by atomic mass is 16.3. The second-order valence-corrected chi connectivity index (χ2v) is 4.22. The lowest BCUT2D eigenvalue weighted by Gasteiger charge is -2.07. The summed E-state index contributed by atoms with van der Waals surface area (Å²) in [6, 6.07) is 3.16. The molecule has 0 spiro atoms. The molecule has 0 unspecified atom stereocenters. The number of anilines is 1. The number of hydrogen-bond acceptors (Lipinski definition) is 4. The zero-order valence-electron chi connectivity index (χ0n) is 11.3. The number of carbonyl (C=O) groups excluding carboxylic acids is 2. The summed E-state index contributed by atoms with van der Waals surface area (Å²) in [4.78, 5) is 23.9. The van der Waals surface area contributed by atoms with Gasteiger partial charge in [-0.25, -0.2) is 0 Å². The third kappa shape index (κ3) is 2.87. The van der Waals surface area contributed by atoms with Crippen molar-refractivity contribution >= 4 is 17.5 Å². The van der Waals surface area contributed by atoms with Crippen molar-refractivity contribution in [2.24, 2.45) is 7.05 Å². The number of carbonyl (C=O) groups is 2. The number of furan rings is 1. The zero-order chi connectivity index (χ0) is 14.5. The smallest absolute Gasteiger partial charge is 0.291 e. The molecule has 2 rings (SSSR count). The minimum atomic E-state index is -0.424. The molecule has 2 aromatic rings. The summed E-state index contributed by atoms with van der Waals surface area (Å²) in [6.07, 6.45) is 3.67. The molecule has 0 radical (unpaired) electrons. The maximum Gasteiger partial charge on any atom is 0.291 e. The van der Waals surface area contributed by atoms with Gasteiger partial charge in [0.05, 0.1) is 18.1 Å². The molecule has 2 aromatic heterocycles. The number of rotatable bonds is 5. The Morgan fingerprint density at radius 2 is 2.20 bits per heavy atom. The van der Waals surface area contributed by atoms with Crippen LogP contribution in [0.3, 0.4) is 0 Å². The van der Waals surface area contributed by atoms with Gasteiger partial charge in [0.25, 0.3) is 11.8 Å². The van der Waals surface area contributed by atoms with Gasteiger partial charge in [-0.1, -0.05) is 6.92 Å². The summed E-state index contributed by atoms with van der Waals surface area (Å²) in [5.41, 5.74) is 0.654. The first kappa shape index (κ1) is 13.9. The molecular formula is C13H16N4O3. The van der Waals surface area contributed by atoms with Gasteiger partial charge in [-0.05, 0) is 18.6 Å². The second kappa shape index (κ2) is 6.05. The molecule has 0 bridgehead atoms. The molecular weight excluding hydrogens is 260 g/mol. The van der Waals surface area contributed by atoms with Crippen LogP contribution in [0.5, 0.6) is 0 Å². The van der Waals surface area contributed by atoms with Crippen LogP contribution in [0.1, 0.15) is 34.4 Å². The summed E-state index contributed by atoms with van der Waals surface area (Å²) < 4.78 is 6.42. The fraction of sp³-hybridized carbons (Fsp3) is 0.308. The summed E-state index contributed by atoms with van der Waals surface area (Å²) in [5, 5.41) is 9.35. The minimum Gasteiger partial charge on any atom is -0.459 e. The van der Waals surface area contributed by atoms with Crippen molar-refractivity contribution in [3.63, 3.8) is 0 Å². The molecule has 0 atom stereocenters. The highest BCUT2D eigenvalue weighted by Crippen LogP contribution is 2.15. The topological polar surface area (TPSA) is 89.2 Å². The quantitative estimate of drug-likeness (QED) is 0.864. The van der Waals surface area contributed by atoms with Crippen LogP contribution in [0.15, 0.2) is 29.0 Å². The van der Waals surface area contributed by atoms with Crippen molar-refractivity contribution < 1.29 is 14.0 Å². The molecule has 7 heteroatoms. The third-order valence-corrected chi connectivity index (χ3v) is 2.68. The van der Waals surface area contributed by atoms with E-state index in [0.29, 0.717) is 17.9 Å². The maximum atomic E-state index is 12.0. The first-order valence-electron chi connectivity index (χ1n) is 6.28. The van der Waals surface area contributed by atoms with Gasteiger partial charge in [-0.3, -0.25) is 14.3 Å². The largest absolute Gasteiger partial charge is 0.459 e. The fourth-order valence-electron chi connectivity index (χ4n) is 1.71. The predicted octanol–water partition coefficient (Wildman–Crippen LogP) is 1.41. The van der Waals surface area contributed by atoms with Gasteiger partial charge in [-0.15, -0.1) is 0 Å². The summed E-state index contributed by atoms with van der Waals surface area (Å²) in [7, 11) is 1.64. The second-order valence-electron chi connectivity index (χ2n) is 4.22. The Kier molecular flexibility index (Phi) is 4.19. The summed E-state index contributed by atoms with van der Waals surface area (Å²) in [6.45, 7) is 2.53. The van der Waals surface area contributed by atoms with Crippen LogP contribution in [0.2, 0.25) is 0 Å². The number of nitrogens with one attached hydrogen (secondary N) is 2. The van der Waals surface area contributed by atoms with Crippen molar-refractivity contribution in [2.45, 2.75) is 13.3 Å². The Bertz CT molecular complexity index is 601. The molecule has 0 fully saturated rings. The lowest BCUT2D eigenvalue weighted by molar-refractivity contribution is 0.0945. The minimum absolute atomic E-state index is 0.175. The average molecular weight is 276 g/mol. The third-order valence-electron chi connectivity index (χ3n) is 2.68. The van der Waals surface area contributed by atoms with Gasteiger partial charge in [0.15, 0.2) is 5.76 Å². The van der Waals surface area contributed by atoms with E-state index in [0.717, 1.165) is 6.42 Å². The Labute approximate surface area is 116 Å². The highest BCUT2D eigenvalue weighted by Gasteiger charge is 2.19. The Balaban J connectivity index is 2.16. The Morgan fingerprint density at radius 3 is 2.85 bits per heavy atom. The maximum absolute atomic E-state index is 12.0. The van der Waals surface area contributed by atoms with Crippen LogP contribution >= 0.6 is 0 Å². The number of aryl methyl sites for hydroxylation is 1. The van der Waals surface area contributed by atoms with Crippen molar-refractivity contribution in [1.29, 1.82) is 0 Å². The van der Waals surface area contributed by atoms with E-state index in [9.17, 15) is 9.59 Å². The SMILES string of the molecule is CCCNC(=O)c1c(NC(=O)c2ccco2)cnn1C. The molecule has 0 aromatic carbocycles. The molecule has 0 aliphatic carbocycles. The summed E-state index contributed by atoms with van der Waals surface area (Å²) >= 11 is 0. The van der Waals surface area contributed by atoms with Gasteiger partial charge in [0.1, 0.15) is 5.69 Å². The van der Waals surface area contributed by atoms with E-state index in [-0.39, 0.29) is 11.7 Å². The van der Waals surface area contributed by atoms with Gasteiger partial charge >= 0.3 is 0 Å². The molecule has 2 amide bonds. The molecule has 0 saturated carbocycles. The molecule has 0 aliphatic rings. The Hall–Kier alpha value is -2.57. The average Bonchev–Trinajstić information content (AvgIpc) is 3.06. The van der Waals surface area contributed by atoms with E-state index in [1.165, 1.54) is 17.1 Å². The predicted molar refractivity (Wildman–Crippen MR) is 72.5 cm³/mol. The molecule has 7 nitrogen and oxygen atoms in total. The number of nitrogens with zero attached hydrogens (tertiary/aromatic N) is 2. The number of amides is 2. The van der Waals surface area contributed by atoms with Gasteiger partial charge in [0, 0.05) is 13.6 Å². The van der Waals surface area contributed by atoms with Crippen LogP contribution in [-0.2, 0) is 7.05 Å². The van der Waals surface area contributed by atoms with Gasteiger partial charge in [-0.2, -0.15) is 5.10 Å². The first-order valence-corrected chi connectivity index (χ1v) is 6.28. The highest BCUT2D eigenvalue weighted by molar-refractivity contribution is 6.07. The van der Waals surface area contributed by atoms with E-state index in [2.05, 4.69) is 15.7 Å². The molecule has 20 heavy (non-hydrogen) atoms. The molecule has 2 N–H and O–H groups in total. The number of hydrogen-bond donors (Lipinski definition) is 2. The Morgan fingerprint density at radius 1 is 1.40 bits per heavy atom. The molecule has 106 valence electrons. The van der Waals surface area contributed by atoms with Gasteiger partial charge in [0.2, 0.25) is 0 Å². The zero-order valence-corrected chi connectivity index (χ0v) is 11.3. The van der Waals surface area contributed by atoms with E-state index in [1.54, 1.807) is 19.2 Å². The molecule has 0 saturated heterocycles. The van der Waals surface area contributed by atoms with Crippen LogP contribution in [0.4, 0.5) is 5.69 Å². The summed E-state index contributed by atoms with van der Waals surface area (Å²) in [5.74, 6) is -0.525.